The van der Waals surface area contributed by atoms with Crippen LogP contribution in [0.4, 0.5) is 8.78 Å². The first-order valence-electron chi connectivity index (χ1n) is 7.30. The van der Waals surface area contributed by atoms with Crippen LogP contribution in [0.1, 0.15) is 29.8 Å². The van der Waals surface area contributed by atoms with Crippen molar-refractivity contribution in [3.05, 3.63) is 59.2 Å². The predicted molar refractivity (Wildman–Crippen MR) is 94.4 cm³/mol. The van der Waals surface area contributed by atoms with E-state index in [9.17, 15) is 13.6 Å². The fourth-order valence-corrected chi connectivity index (χ4v) is 2.21. The summed E-state index contributed by atoms with van der Waals surface area (Å²) in [6.07, 6.45) is 0. The van der Waals surface area contributed by atoms with E-state index in [0.29, 0.717) is 16.7 Å². The molecular formula is C18H21ClF2N2O. The second-order valence-corrected chi connectivity index (χ2v) is 6.33. The number of benzene rings is 2. The van der Waals surface area contributed by atoms with Gasteiger partial charge in [-0.05, 0) is 56.2 Å². The van der Waals surface area contributed by atoms with E-state index >= 15 is 0 Å². The zero-order valence-corrected chi connectivity index (χ0v) is 14.6. The summed E-state index contributed by atoms with van der Waals surface area (Å²) in [4.78, 5) is 12.0. The Morgan fingerprint density at radius 2 is 1.75 bits per heavy atom. The molecule has 0 bridgehead atoms. The van der Waals surface area contributed by atoms with Crippen LogP contribution in [0, 0.1) is 18.6 Å². The fraction of sp³-hybridized carbons (Fsp3) is 0.278. The van der Waals surface area contributed by atoms with E-state index in [1.807, 2.05) is 0 Å². The van der Waals surface area contributed by atoms with Gasteiger partial charge in [0.2, 0.25) is 0 Å². The number of halogens is 3. The van der Waals surface area contributed by atoms with Crippen molar-refractivity contribution in [2.45, 2.75) is 26.3 Å². The number of aryl methyl sites for hydroxylation is 1. The second kappa shape index (κ2) is 7.73. The van der Waals surface area contributed by atoms with E-state index in [0.717, 1.165) is 0 Å². The van der Waals surface area contributed by atoms with Gasteiger partial charge in [0.1, 0.15) is 11.6 Å². The maximum absolute atomic E-state index is 14.4. The molecule has 130 valence electrons. The largest absolute Gasteiger partial charge is 0.350 e. The van der Waals surface area contributed by atoms with Crippen LogP contribution in [0.2, 0.25) is 0 Å². The summed E-state index contributed by atoms with van der Waals surface area (Å²) < 4.78 is 27.5. The van der Waals surface area contributed by atoms with Crippen molar-refractivity contribution in [2.75, 3.05) is 6.54 Å². The first-order valence-corrected chi connectivity index (χ1v) is 7.30. The molecule has 0 saturated heterocycles. The molecule has 2 rings (SSSR count). The Kier molecular flexibility index (Phi) is 6.46. The Labute approximate surface area is 146 Å². The number of carbonyl (C=O) groups excluding carboxylic acids is 1. The molecule has 0 radical (unpaired) electrons. The van der Waals surface area contributed by atoms with E-state index in [2.05, 4.69) is 5.32 Å². The van der Waals surface area contributed by atoms with Gasteiger partial charge in [-0.2, -0.15) is 0 Å². The molecule has 0 aliphatic heterocycles. The monoisotopic (exact) mass is 354 g/mol. The minimum absolute atomic E-state index is 0. The van der Waals surface area contributed by atoms with Crippen LogP contribution in [0.15, 0.2) is 36.4 Å². The molecule has 1 amide bonds. The molecule has 2 aromatic rings. The van der Waals surface area contributed by atoms with Crippen LogP contribution < -0.4 is 11.1 Å². The molecule has 0 atom stereocenters. The Morgan fingerprint density at radius 3 is 2.29 bits per heavy atom. The Bertz CT molecular complexity index is 742. The third kappa shape index (κ3) is 5.01. The van der Waals surface area contributed by atoms with Crippen LogP contribution in [0.25, 0.3) is 11.1 Å². The standard InChI is InChI=1S/C18H20F2N2O.ClH/c1-11-8-13(19)5-7-14(11)15-6-4-12(9-16(15)20)17(23)22-10-18(2,3)21;/h4-9H,10,21H2,1-3H3,(H,22,23);1H. The molecule has 0 fully saturated rings. The molecule has 3 nitrogen and oxygen atoms in total. The van der Waals surface area contributed by atoms with Crippen molar-refractivity contribution in [2.24, 2.45) is 5.73 Å². The lowest BCUT2D eigenvalue weighted by molar-refractivity contribution is 0.0945. The molecular weight excluding hydrogens is 334 g/mol. The van der Waals surface area contributed by atoms with Crippen molar-refractivity contribution in [3.63, 3.8) is 0 Å². The first kappa shape index (κ1) is 20.1. The normalized spacial score (nSPS) is 10.9. The number of hydrogen-bond acceptors (Lipinski definition) is 2. The number of nitrogens with one attached hydrogen (secondary N) is 1. The number of rotatable bonds is 4. The molecule has 0 unspecified atom stereocenters. The lowest BCUT2D eigenvalue weighted by Crippen LogP contribution is -2.45. The van der Waals surface area contributed by atoms with Gasteiger partial charge in [-0.3, -0.25) is 4.79 Å². The summed E-state index contributed by atoms with van der Waals surface area (Å²) in [5.41, 5.74) is 7.04. The minimum atomic E-state index is -0.542. The lowest BCUT2D eigenvalue weighted by atomic mass is 9.98. The van der Waals surface area contributed by atoms with Gasteiger partial charge in [0.05, 0.1) is 0 Å². The van der Waals surface area contributed by atoms with Crippen LogP contribution in [0.3, 0.4) is 0 Å². The average molecular weight is 355 g/mol. The summed E-state index contributed by atoms with van der Waals surface area (Å²) in [7, 11) is 0. The Hall–Kier alpha value is -1.98. The summed E-state index contributed by atoms with van der Waals surface area (Å²) >= 11 is 0. The number of nitrogens with two attached hydrogens (primary N) is 1. The molecule has 0 aliphatic carbocycles. The van der Waals surface area contributed by atoms with Crippen molar-refractivity contribution in [3.8, 4) is 11.1 Å². The fourth-order valence-electron chi connectivity index (χ4n) is 2.21. The van der Waals surface area contributed by atoms with Gasteiger partial charge in [0.15, 0.2) is 0 Å². The highest BCUT2D eigenvalue weighted by atomic mass is 35.5. The molecule has 24 heavy (non-hydrogen) atoms. The van der Waals surface area contributed by atoms with E-state index < -0.39 is 11.4 Å². The molecule has 2 aromatic carbocycles. The van der Waals surface area contributed by atoms with Crippen molar-refractivity contribution < 1.29 is 13.6 Å². The number of amides is 1. The molecule has 0 heterocycles. The quantitative estimate of drug-likeness (QED) is 0.876. The highest BCUT2D eigenvalue weighted by Gasteiger charge is 2.15. The van der Waals surface area contributed by atoms with Gasteiger partial charge >= 0.3 is 0 Å². The van der Waals surface area contributed by atoms with E-state index in [-0.39, 0.29) is 36.2 Å². The van der Waals surface area contributed by atoms with Crippen LogP contribution in [0.5, 0.6) is 0 Å². The van der Waals surface area contributed by atoms with Gasteiger partial charge in [-0.25, -0.2) is 8.78 Å². The SMILES string of the molecule is Cc1cc(F)ccc1-c1ccc(C(=O)NCC(C)(C)N)cc1F.Cl. The summed E-state index contributed by atoms with van der Waals surface area (Å²) in [6, 6.07) is 8.40. The topological polar surface area (TPSA) is 55.1 Å². The molecule has 3 N–H and O–H groups in total. The Balaban J connectivity index is 0.00000288. The molecule has 0 aromatic heterocycles. The number of carbonyl (C=O) groups is 1. The zero-order valence-electron chi connectivity index (χ0n) is 13.8. The van der Waals surface area contributed by atoms with E-state index in [4.69, 9.17) is 5.73 Å². The van der Waals surface area contributed by atoms with E-state index in [1.165, 1.54) is 30.3 Å². The maximum Gasteiger partial charge on any atom is 0.251 e. The van der Waals surface area contributed by atoms with Crippen molar-refractivity contribution >= 4 is 18.3 Å². The van der Waals surface area contributed by atoms with Gasteiger partial charge in [0.25, 0.3) is 5.91 Å². The summed E-state index contributed by atoms with van der Waals surface area (Å²) in [5.74, 6) is -1.28. The van der Waals surface area contributed by atoms with E-state index in [1.54, 1.807) is 26.8 Å². The molecule has 0 spiro atoms. The Morgan fingerprint density at radius 1 is 1.12 bits per heavy atom. The first-order chi connectivity index (χ1) is 10.7. The smallest absolute Gasteiger partial charge is 0.251 e. The molecule has 6 heteroatoms. The van der Waals surface area contributed by atoms with Crippen molar-refractivity contribution in [1.29, 1.82) is 0 Å². The summed E-state index contributed by atoms with van der Waals surface area (Å²) in [6.45, 7) is 5.57. The van der Waals surface area contributed by atoms with Crippen molar-refractivity contribution in [1.82, 2.24) is 5.32 Å². The second-order valence-electron chi connectivity index (χ2n) is 6.33. The maximum atomic E-state index is 14.4. The van der Waals surface area contributed by atoms with Crippen LogP contribution in [-0.2, 0) is 0 Å². The molecule has 0 aliphatic rings. The number of hydrogen-bond donors (Lipinski definition) is 2. The van der Waals surface area contributed by atoms with Gasteiger partial charge in [-0.15, -0.1) is 12.4 Å². The van der Waals surface area contributed by atoms with Gasteiger partial charge in [0, 0.05) is 23.2 Å². The average Bonchev–Trinajstić information content (AvgIpc) is 2.44. The zero-order chi connectivity index (χ0) is 17.2. The predicted octanol–water partition coefficient (Wildman–Crippen LogP) is 3.83. The van der Waals surface area contributed by atoms with Gasteiger partial charge < -0.3 is 11.1 Å². The molecule has 0 saturated carbocycles. The third-order valence-corrected chi connectivity index (χ3v) is 3.41. The highest BCUT2D eigenvalue weighted by Crippen LogP contribution is 2.27. The van der Waals surface area contributed by atoms with Crippen LogP contribution in [-0.4, -0.2) is 18.0 Å². The lowest BCUT2D eigenvalue weighted by Gasteiger charge is -2.19. The third-order valence-electron chi connectivity index (χ3n) is 3.41. The van der Waals surface area contributed by atoms with Crippen LogP contribution >= 0.6 is 12.4 Å². The van der Waals surface area contributed by atoms with Gasteiger partial charge in [-0.1, -0.05) is 12.1 Å². The highest BCUT2D eigenvalue weighted by molar-refractivity contribution is 5.94. The minimum Gasteiger partial charge on any atom is -0.350 e. The summed E-state index contributed by atoms with van der Waals surface area (Å²) in [5, 5.41) is 2.66.